The Bertz CT molecular complexity index is 592. The molecule has 6 nitrogen and oxygen atoms in total. The Labute approximate surface area is 114 Å². The highest BCUT2D eigenvalue weighted by Crippen LogP contribution is 2.33. The van der Waals surface area contributed by atoms with Crippen molar-refractivity contribution in [2.24, 2.45) is 5.92 Å². The van der Waals surface area contributed by atoms with E-state index in [0.717, 1.165) is 0 Å². The van der Waals surface area contributed by atoms with E-state index in [9.17, 15) is 14.7 Å². The van der Waals surface area contributed by atoms with Crippen LogP contribution in [0.2, 0.25) is 0 Å². The maximum atomic E-state index is 11.8. The second-order valence-electron chi connectivity index (χ2n) is 4.68. The number of hydrogen-bond donors (Lipinski definition) is 3. The molecule has 1 aliphatic rings. The van der Waals surface area contributed by atoms with Crippen LogP contribution in [0.3, 0.4) is 0 Å². The molecule has 1 aromatic rings. The van der Waals surface area contributed by atoms with Gasteiger partial charge in [0.05, 0.1) is 11.7 Å². The van der Waals surface area contributed by atoms with Crippen LogP contribution in [0, 0.1) is 5.92 Å². The number of nitrogens with one attached hydrogen (secondary N) is 1. The molecule has 1 fully saturated rings. The van der Waals surface area contributed by atoms with Gasteiger partial charge in [-0.2, -0.15) is 0 Å². The number of nitrogens with zero attached hydrogens (tertiary/aromatic N) is 1. The summed E-state index contributed by atoms with van der Waals surface area (Å²) < 4.78 is 1.38. The van der Waals surface area contributed by atoms with Crippen LogP contribution in [0.4, 0.5) is 0 Å². The molecule has 0 spiro atoms. The van der Waals surface area contributed by atoms with Crippen molar-refractivity contribution in [3.05, 3.63) is 38.1 Å². The van der Waals surface area contributed by atoms with E-state index in [-0.39, 0.29) is 24.1 Å². The Morgan fingerprint density at radius 2 is 2.21 bits per heavy atom. The summed E-state index contributed by atoms with van der Waals surface area (Å²) in [6.07, 6.45) is 3.05. The summed E-state index contributed by atoms with van der Waals surface area (Å²) in [6, 6.07) is -0.237. The topological polar surface area (TPSA) is 95.3 Å². The van der Waals surface area contributed by atoms with Crippen LogP contribution >= 0.6 is 11.6 Å². The van der Waals surface area contributed by atoms with Crippen LogP contribution < -0.4 is 11.2 Å². The molecule has 0 aromatic carbocycles. The first kappa shape index (κ1) is 14.0. The lowest BCUT2D eigenvalue weighted by molar-refractivity contribution is 0.0906. The minimum atomic E-state index is -0.638. The molecule has 1 heterocycles. The van der Waals surface area contributed by atoms with E-state index < -0.39 is 17.4 Å². The summed E-state index contributed by atoms with van der Waals surface area (Å²) in [7, 11) is 0. The summed E-state index contributed by atoms with van der Waals surface area (Å²) in [5, 5.41) is 18.9. The maximum absolute atomic E-state index is 11.8. The molecular formula is C12H15ClN2O4. The second kappa shape index (κ2) is 5.73. The molecule has 0 amide bonds. The first-order chi connectivity index (χ1) is 9.06. The fourth-order valence-electron chi connectivity index (χ4n) is 2.46. The predicted octanol–water partition coefficient (Wildman–Crippen LogP) is 0.0504. The number of halogens is 1. The average Bonchev–Trinajstić information content (AvgIpc) is 2.74. The van der Waals surface area contributed by atoms with Gasteiger partial charge in [0.1, 0.15) is 0 Å². The minimum absolute atomic E-state index is 0.121. The Hall–Kier alpha value is -1.37. The third-order valence-electron chi connectivity index (χ3n) is 3.50. The zero-order valence-corrected chi connectivity index (χ0v) is 10.9. The van der Waals surface area contributed by atoms with Crippen LogP contribution in [0.15, 0.2) is 21.3 Å². The highest BCUT2D eigenvalue weighted by atomic mass is 35.5. The lowest BCUT2D eigenvalue weighted by Crippen LogP contribution is -2.32. The van der Waals surface area contributed by atoms with Gasteiger partial charge in [0.15, 0.2) is 0 Å². The molecule has 0 bridgehead atoms. The molecular weight excluding hydrogens is 272 g/mol. The van der Waals surface area contributed by atoms with Gasteiger partial charge in [0, 0.05) is 30.3 Å². The average molecular weight is 287 g/mol. The van der Waals surface area contributed by atoms with E-state index in [4.69, 9.17) is 16.7 Å². The van der Waals surface area contributed by atoms with Crippen molar-refractivity contribution in [2.45, 2.75) is 25.0 Å². The van der Waals surface area contributed by atoms with Gasteiger partial charge in [-0.3, -0.25) is 14.3 Å². The normalized spacial score (nSPS) is 27.2. The summed E-state index contributed by atoms with van der Waals surface area (Å²) in [5.74, 6) is -0.240. The van der Waals surface area contributed by atoms with Crippen molar-refractivity contribution in [3.8, 4) is 0 Å². The van der Waals surface area contributed by atoms with Gasteiger partial charge in [-0.1, -0.05) is 11.6 Å². The second-order valence-corrected chi connectivity index (χ2v) is 4.93. The number of H-pyrrole nitrogens is 1. The molecule has 7 heteroatoms. The molecule has 3 N–H and O–H groups in total. The van der Waals surface area contributed by atoms with Gasteiger partial charge in [-0.25, -0.2) is 4.79 Å². The van der Waals surface area contributed by atoms with Gasteiger partial charge in [-0.05, 0) is 18.9 Å². The van der Waals surface area contributed by atoms with E-state index in [0.29, 0.717) is 12.8 Å². The van der Waals surface area contributed by atoms with Gasteiger partial charge >= 0.3 is 5.69 Å². The van der Waals surface area contributed by atoms with Crippen molar-refractivity contribution in [1.29, 1.82) is 0 Å². The molecule has 2 rings (SSSR count). The van der Waals surface area contributed by atoms with Crippen LogP contribution in [0.5, 0.6) is 0 Å². The largest absolute Gasteiger partial charge is 0.396 e. The molecule has 1 aromatic heterocycles. The Morgan fingerprint density at radius 3 is 2.79 bits per heavy atom. The summed E-state index contributed by atoms with van der Waals surface area (Å²) in [4.78, 5) is 25.5. The van der Waals surface area contributed by atoms with Crippen molar-refractivity contribution in [1.82, 2.24) is 9.55 Å². The predicted molar refractivity (Wildman–Crippen MR) is 71.1 cm³/mol. The van der Waals surface area contributed by atoms with Gasteiger partial charge in [0.2, 0.25) is 0 Å². The van der Waals surface area contributed by atoms with E-state index >= 15 is 0 Å². The third-order valence-corrected chi connectivity index (χ3v) is 3.62. The lowest BCUT2D eigenvalue weighted by atomic mass is 10.1. The van der Waals surface area contributed by atoms with E-state index in [1.54, 1.807) is 0 Å². The number of aliphatic hydroxyl groups excluding tert-OH is 2. The van der Waals surface area contributed by atoms with Crippen molar-refractivity contribution >= 4 is 17.7 Å². The minimum Gasteiger partial charge on any atom is -0.396 e. The molecule has 1 saturated carbocycles. The van der Waals surface area contributed by atoms with Gasteiger partial charge in [0.25, 0.3) is 5.56 Å². The fraction of sp³-hybridized carbons (Fsp3) is 0.500. The number of aliphatic hydroxyl groups is 2. The first-order valence-electron chi connectivity index (χ1n) is 5.98. The molecule has 3 atom stereocenters. The Balaban J connectivity index is 2.38. The maximum Gasteiger partial charge on any atom is 0.328 e. The monoisotopic (exact) mass is 286 g/mol. The Morgan fingerprint density at radius 1 is 1.47 bits per heavy atom. The van der Waals surface area contributed by atoms with Crippen LogP contribution in [0.1, 0.15) is 24.4 Å². The highest BCUT2D eigenvalue weighted by molar-refractivity contribution is 6.27. The zero-order valence-electron chi connectivity index (χ0n) is 10.1. The van der Waals surface area contributed by atoms with Gasteiger partial charge < -0.3 is 10.2 Å². The standard InChI is InChI=1S/C12H15ClN2O4/c13-2-1-7-5-15(12(19)14-11(7)18)9-3-8(6-16)10(17)4-9/h1-2,5,8-10,16-17H,3-4,6H2,(H,14,18,19)/b2-1+. The molecule has 0 saturated heterocycles. The molecule has 0 radical (unpaired) electrons. The molecule has 1 aliphatic carbocycles. The van der Waals surface area contributed by atoms with Crippen LogP contribution in [0.25, 0.3) is 6.08 Å². The van der Waals surface area contributed by atoms with E-state index in [1.165, 1.54) is 22.4 Å². The number of aromatic amines is 1. The van der Waals surface area contributed by atoms with Crippen molar-refractivity contribution < 1.29 is 10.2 Å². The molecule has 19 heavy (non-hydrogen) atoms. The van der Waals surface area contributed by atoms with Crippen LogP contribution in [-0.2, 0) is 0 Å². The number of aromatic nitrogens is 2. The van der Waals surface area contributed by atoms with Crippen LogP contribution in [-0.4, -0.2) is 32.5 Å². The van der Waals surface area contributed by atoms with E-state index in [1.807, 2.05) is 0 Å². The smallest absolute Gasteiger partial charge is 0.328 e. The quantitative estimate of drug-likeness (QED) is 0.732. The van der Waals surface area contributed by atoms with Crippen molar-refractivity contribution in [3.63, 3.8) is 0 Å². The third kappa shape index (κ3) is 2.80. The molecule has 0 aliphatic heterocycles. The summed E-state index contributed by atoms with van der Waals surface area (Å²) in [5.41, 5.74) is 0.443. The van der Waals surface area contributed by atoms with Crippen molar-refractivity contribution in [2.75, 3.05) is 6.61 Å². The summed E-state index contributed by atoms with van der Waals surface area (Å²) >= 11 is 5.43. The highest BCUT2D eigenvalue weighted by Gasteiger charge is 2.34. The molecule has 104 valence electrons. The molecule has 3 unspecified atom stereocenters. The number of rotatable bonds is 3. The Kier molecular flexibility index (Phi) is 4.24. The lowest BCUT2D eigenvalue weighted by Gasteiger charge is -2.13. The SMILES string of the molecule is O=c1[nH]c(=O)n(C2CC(O)C(CO)C2)cc1/C=C/Cl. The van der Waals surface area contributed by atoms with Gasteiger partial charge in [-0.15, -0.1) is 0 Å². The fourth-order valence-corrected chi connectivity index (χ4v) is 2.59. The van der Waals surface area contributed by atoms with E-state index in [2.05, 4.69) is 4.98 Å². The first-order valence-corrected chi connectivity index (χ1v) is 6.41. The summed E-state index contributed by atoms with van der Waals surface area (Å²) in [6.45, 7) is -0.121. The number of hydrogen-bond acceptors (Lipinski definition) is 4. The zero-order chi connectivity index (χ0) is 14.0.